The van der Waals surface area contributed by atoms with E-state index in [0.717, 1.165) is 19.4 Å². The SMILES string of the molecule is Cc1noc(CCNCCC(=O)NC2CC2)n1. The molecule has 2 N–H and O–H groups in total. The molecule has 0 spiro atoms. The van der Waals surface area contributed by atoms with Gasteiger partial charge in [-0.05, 0) is 19.8 Å². The first-order valence-corrected chi connectivity index (χ1v) is 6.03. The standard InChI is InChI=1S/C11H18N4O2/c1-8-13-11(17-15-8)5-7-12-6-4-10(16)14-9-2-3-9/h9,12H,2-7H2,1H3,(H,14,16). The fourth-order valence-electron chi connectivity index (χ4n) is 1.49. The lowest BCUT2D eigenvalue weighted by molar-refractivity contribution is -0.121. The zero-order valence-electron chi connectivity index (χ0n) is 10.0. The number of hydrogen-bond acceptors (Lipinski definition) is 5. The van der Waals surface area contributed by atoms with Crippen molar-refractivity contribution in [1.29, 1.82) is 0 Å². The number of carbonyl (C=O) groups excluding carboxylic acids is 1. The van der Waals surface area contributed by atoms with Gasteiger partial charge in [0.15, 0.2) is 5.82 Å². The van der Waals surface area contributed by atoms with E-state index in [0.29, 0.717) is 37.1 Å². The number of rotatable bonds is 7. The van der Waals surface area contributed by atoms with Gasteiger partial charge in [0.1, 0.15) is 0 Å². The van der Waals surface area contributed by atoms with Gasteiger partial charge in [-0.15, -0.1) is 0 Å². The van der Waals surface area contributed by atoms with Gasteiger partial charge in [0.2, 0.25) is 11.8 Å². The molecule has 1 heterocycles. The van der Waals surface area contributed by atoms with E-state index in [-0.39, 0.29) is 5.91 Å². The molecule has 0 unspecified atom stereocenters. The monoisotopic (exact) mass is 238 g/mol. The Labute approximate surface area is 100 Å². The molecule has 1 saturated carbocycles. The summed E-state index contributed by atoms with van der Waals surface area (Å²) in [5, 5.41) is 9.83. The van der Waals surface area contributed by atoms with Gasteiger partial charge in [-0.1, -0.05) is 5.16 Å². The molecule has 0 atom stereocenters. The van der Waals surface area contributed by atoms with Crippen LogP contribution < -0.4 is 10.6 Å². The first-order chi connectivity index (χ1) is 8.24. The Morgan fingerprint density at radius 1 is 1.47 bits per heavy atom. The van der Waals surface area contributed by atoms with Crippen LogP contribution in [0.15, 0.2) is 4.52 Å². The topological polar surface area (TPSA) is 80.0 Å². The van der Waals surface area contributed by atoms with Gasteiger partial charge < -0.3 is 15.2 Å². The maximum atomic E-state index is 11.3. The van der Waals surface area contributed by atoms with Gasteiger partial charge in [0, 0.05) is 32.0 Å². The first-order valence-electron chi connectivity index (χ1n) is 6.03. The summed E-state index contributed by atoms with van der Waals surface area (Å²) in [6.45, 7) is 3.23. The second-order valence-corrected chi connectivity index (χ2v) is 4.33. The fourth-order valence-corrected chi connectivity index (χ4v) is 1.49. The van der Waals surface area contributed by atoms with Gasteiger partial charge in [0.05, 0.1) is 0 Å². The van der Waals surface area contributed by atoms with Crippen LogP contribution in [0.4, 0.5) is 0 Å². The molecule has 0 aromatic carbocycles. The highest BCUT2D eigenvalue weighted by molar-refractivity contribution is 5.76. The molecule has 1 aromatic heterocycles. The first kappa shape index (κ1) is 12.0. The van der Waals surface area contributed by atoms with E-state index in [2.05, 4.69) is 20.8 Å². The van der Waals surface area contributed by atoms with Crippen LogP contribution in [0, 0.1) is 6.92 Å². The highest BCUT2D eigenvalue weighted by Gasteiger charge is 2.22. The predicted octanol–water partition coefficient (Wildman–Crippen LogP) is 0.179. The van der Waals surface area contributed by atoms with E-state index in [1.807, 2.05) is 0 Å². The summed E-state index contributed by atoms with van der Waals surface area (Å²) in [4.78, 5) is 15.4. The third-order valence-electron chi connectivity index (χ3n) is 2.56. The van der Waals surface area contributed by atoms with Crippen LogP contribution in [-0.2, 0) is 11.2 Å². The van der Waals surface area contributed by atoms with E-state index in [1.165, 1.54) is 0 Å². The van der Waals surface area contributed by atoms with Gasteiger partial charge in [0.25, 0.3) is 0 Å². The molecule has 0 bridgehead atoms. The van der Waals surface area contributed by atoms with Crippen LogP contribution >= 0.6 is 0 Å². The molecule has 2 rings (SSSR count). The average molecular weight is 238 g/mol. The minimum Gasteiger partial charge on any atom is -0.353 e. The van der Waals surface area contributed by atoms with Crippen LogP contribution in [0.2, 0.25) is 0 Å². The molecule has 1 aromatic rings. The van der Waals surface area contributed by atoms with Gasteiger partial charge in [-0.2, -0.15) is 4.98 Å². The number of carbonyl (C=O) groups is 1. The van der Waals surface area contributed by atoms with Crippen molar-refractivity contribution in [3.63, 3.8) is 0 Å². The molecule has 0 saturated heterocycles. The average Bonchev–Trinajstić information content (AvgIpc) is 3.00. The van der Waals surface area contributed by atoms with Crippen LogP contribution in [0.1, 0.15) is 31.0 Å². The predicted molar refractivity (Wildman–Crippen MR) is 61.4 cm³/mol. The molecule has 6 heteroatoms. The smallest absolute Gasteiger partial charge is 0.227 e. The summed E-state index contributed by atoms with van der Waals surface area (Å²) >= 11 is 0. The van der Waals surface area contributed by atoms with Gasteiger partial charge >= 0.3 is 0 Å². The number of nitrogens with one attached hydrogen (secondary N) is 2. The van der Waals surface area contributed by atoms with E-state index in [9.17, 15) is 4.79 Å². The number of aromatic nitrogens is 2. The summed E-state index contributed by atoms with van der Waals surface area (Å²) in [6, 6.07) is 0.448. The minimum absolute atomic E-state index is 0.133. The Kier molecular flexibility index (Phi) is 4.08. The Morgan fingerprint density at radius 3 is 2.94 bits per heavy atom. The van der Waals surface area contributed by atoms with Crippen molar-refractivity contribution in [2.24, 2.45) is 0 Å². The number of aryl methyl sites for hydroxylation is 1. The van der Waals surface area contributed by atoms with Crippen molar-refractivity contribution in [3.05, 3.63) is 11.7 Å². The van der Waals surface area contributed by atoms with E-state index in [1.54, 1.807) is 6.92 Å². The number of amides is 1. The highest BCUT2D eigenvalue weighted by atomic mass is 16.5. The largest absolute Gasteiger partial charge is 0.353 e. The molecule has 0 radical (unpaired) electrons. The molecule has 94 valence electrons. The molecular formula is C11H18N4O2. The van der Waals surface area contributed by atoms with Gasteiger partial charge in [-0.3, -0.25) is 4.79 Å². The van der Waals surface area contributed by atoms with Gasteiger partial charge in [-0.25, -0.2) is 0 Å². The number of hydrogen-bond donors (Lipinski definition) is 2. The van der Waals surface area contributed by atoms with Crippen molar-refractivity contribution in [3.8, 4) is 0 Å². The summed E-state index contributed by atoms with van der Waals surface area (Å²) in [5.74, 6) is 1.43. The molecule has 0 aliphatic heterocycles. The molecule has 1 aliphatic rings. The minimum atomic E-state index is 0.133. The third kappa shape index (κ3) is 4.52. The van der Waals surface area contributed by atoms with Crippen molar-refractivity contribution < 1.29 is 9.32 Å². The van der Waals surface area contributed by atoms with Crippen LogP contribution in [0.5, 0.6) is 0 Å². The second kappa shape index (κ2) is 5.77. The third-order valence-corrected chi connectivity index (χ3v) is 2.56. The highest BCUT2D eigenvalue weighted by Crippen LogP contribution is 2.18. The molecule has 1 amide bonds. The van der Waals surface area contributed by atoms with Crippen LogP contribution in [-0.4, -0.2) is 35.2 Å². The van der Waals surface area contributed by atoms with E-state index >= 15 is 0 Å². The molecular weight excluding hydrogens is 220 g/mol. The van der Waals surface area contributed by atoms with Crippen molar-refractivity contribution in [2.45, 2.75) is 38.6 Å². The second-order valence-electron chi connectivity index (χ2n) is 4.33. The lowest BCUT2D eigenvalue weighted by Crippen LogP contribution is -2.29. The van der Waals surface area contributed by atoms with Crippen molar-refractivity contribution in [1.82, 2.24) is 20.8 Å². The number of nitrogens with zero attached hydrogens (tertiary/aromatic N) is 2. The normalized spacial score (nSPS) is 14.9. The summed E-state index contributed by atoms with van der Waals surface area (Å²) < 4.78 is 4.97. The molecule has 17 heavy (non-hydrogen) atoms. The summed E-state index contributed by atoms with van der Waals surface area (Å²) in [5.41, 5.74) is 0. The lowest BCUT2D eigenvalue weighted by atomic mass is 10.3. The molecule has 1 fully saturated rings. The molecule has 6 nitrogen and oxygen atoms in total. The van der Waals surface area contributed by atoms with Crippen molar-refractivity contribution >= 4 is 5.91 Å². The Bertz CT molecular complexity index is 373. The van der Waals surface area contributed by atoms with Crippen LogP contribution in [0.25, 0.3) is 0 Å². The summed E-state index contributed by atoms with van der Waals surface area (Å²) in [6.07, 6.45) is 3.50. The Morgan fingerprint density at radius 2 is 2.29 bits per heavy atom. The zero-order valence-corrected chi connectivity index (χ0v) is 10.0. The maximum Gasteiger partial charge on any atom is 0.227 e. The Hall–Kier alpha value is -1.43. The fraction of sp³-hybridized carbons (Fsp3) is 0.727. The lowest BCUT2D eigenvalue weighted by Gasteiger charge is -2.03. The maximum absolute atomic E-state index is 11.3. The Balaban J connectivity index is 1.49. The zero-order chi connectivity index (χ0) is 12.1. The summed E-state index contributed by atoms with van der Waals surface area (Å²) in [7, 11) is 0. The van der Waals surface area contributed by atoms with E-state index in [4.69, 9.17) is 4.52 Å². The van der Waals surface area contributed by atoms with Crippen molar-refractivity contribution in [2.75, 3.05) is 13.1 Å². The molecule has 1 aliphatic carbocycles. The van der Waals surface area contributed by atoms with Crippen LogP contribution in [0.3, 0.4) is 0 Å². The quantitative estimate of drug-likeness (QED) is 0.662. The van der Waals surface area contributed by atoms with E-state index < -0.39 is 0 Å².